The standard InChI is InChI=1S/C30H35N5O7/c36-24-15-14-23(27(38)34-24)35-28(39)21-8-7-9-22(25(21)29(35)40)33-18-19-10-12-20(13-11-19)26(37)31-16-5-3-1-2-4-6-17-32-30(41)42/h7-13,23,32-33H,1-6,14-18H2,(H,31,37)(H,41,42)(H,34,36,38). The summed E-state index contributed by atoms with van der Waals surface area (Å²) in [5, 5.41) is 19.2. The van der Waals surface area contributed by atoms with E-state index in [2.05, 4.69) is 21.3 Å². The molecular formula is C30H35N5O7. The monoisotopic (exact) mass is 577 g/mol. The molecule has 6 amide bonds. The lowest BCUT2D eigenvalue weighted by molar-refractivity contribution is -0.136. The van der Waals surface area contributed by atoms with Crippen LogP contribution in [0.2, 0.25) is 0 Å². The number of nitrogens with one attached hydrogen (secondary N) is 4. The zero-order valence-corrected chi connectivity index (χ0v) is 23.2. The molecule has 12 nitrogen and oxygen atoms in total. The molecular weight excluding hydrogens is 542 g/mol. The second kappa shape index (κ2) is 14.2. The van der Waals surface area contributed by atoms with Crippen molar-refractivity contribution in [3.63, 3.8) is 0 Å². The van der Waals surface area contributed by atoms with Gasteiger partial charge in [0.2, 0.25) is 11.8 Å². The molecule has 2 aliphatic rings. The Morgan fingerprint density at radius 1 is 0.857 bits per heavy atom. The number of hydrogen-bond acceptors (Lipinski definition) is 7. The third kappa shape index (κ3) is 7.50. The Bertz CT molecular complexity index is 1360. The van der Waals surface area contributed by atoms with E-state index in [-0.39, 0.29) is 29.9 Å². The fourth-order valence-corrected chi connectivity index (χ4v) is 5.09. The lowest BCUT2D eigenvalue weighted by Gasteiger charge is -2.27. The fourth-order valence-electron chi connectivity index (χ4n) is 5.09. The SMILES string of the molecule is O=C(O)NCCCCCCCCNC(=O)c1ccc(CNc2cccc3c2C(=O)N(C2CCC(=O)NC2=O)C3=O)cc1. The van der Waals surface area contributed by atoms with Gasteiger partial charge in [-0.2, -0.15) is 0 Å². The average Bonchev–Trinajstić information content (AvgIpc) is 3.22. The zero-order chi connectivity index (χ0) is 30.1. The number of hydrogen-bond donors (Lipinski definition) is 5. The molecule has 0 aromatic heterocycles. The van der Waals surface area contributed by atoms with Crippen molar-refractivity contribution in [2.45, 2.75) is 64.0 Å². The first-order valence-corrected chi connectivity index (χ1v) is 14.2. The van der Waals surface area contributed by atoms with Crippen LogP contribution in [0.4, 0.5) is 10.5 Å². The highest BCUT2D eigenvalue weighted by Gasteiger charge is 2.45. The summed E-state index contributed by atoms with van der Waals surface area (Å²) in [6.45, 7) is 1.38. The molecule has 0 spiro atoms. The Morgan fingerprint density at radius 2 is 1.52 bits per heavy atom. The maximum absolute atomic E-state index is 13.2. The first-order chi connectivity index (χ1) is 20.3. The van der Waals surface area contributed by atoms with Crippen LogP contribution >= 0.6 is 0 Å². The van der Waals surface area contributed by atoms with E-state index in [1.807, 2.05) is 12.1 Å². The number of piperidine rings is 1. The van der Waals surface area contributed by atoms with E-state index < -0.39 is 35.8 Å². The predicted octanol–water partition coefficient (Wildman–Crippen LogP) is 3.04. The van der Waals surface area contributed by atoms with Gasteiger partial charge in [0.05, 0.1) is 11.1 Å². The third-order valence-corrected chi connectivity index (χ3v) is 7.33. The van der Waals surface area contributed by atoms with Gasteiger partial charge in [-0.15, -0.1) is 0 Å². The normalized spacial score (nSPS) is 16.2. The molecule has 1 atom stereocenters. The highest BCUT2D eigenvalue weighted by Crippen LogP contribution is 2.32. The quantitative estimate of drug-likeness (QED) is 0.168. The number of benzene rings is 2. The lowest BCUT2D eigenvalue weighted by Crippen LogP contribution is -2.54. The van der Waals surface area contributed by atoms with Gasteiger partial charge in [0.15, 0.2) is 0 Å². The van der Waals surface area contributed by atoms with E-state index >= 15 is 0 Å². The van der Waals surface area contributed by atoms with E-state index in [1.165, 1.54) is 0 Å². The van der Waals surface area contributed by atoms with Gasteiger partial charge in [0.25, 0.3) is 17.7 Å². The van der Waals surface area contributed by atoms with Gasteiger partial charge in [-0.05, 0) is 49.1 Å². The largest absolute Gasteiger partial charge is 0.465 e. The molecule has 2 aromatic rings. The van der Waals surface area contributed by atoms with Crippen molar-refractivity contribution in [2.75, 3.05) is 18.4 Å². The topological polar surface area (TPSA) is 174 Å². The summed E-state index contributed by atoms with van der Waals surface area (Å²) in [7, 11) is 0. The predicted molar refractivity (Wildman–Crippen MR) is 153 cm³/mol. The maximum Gasteiger partial charge on any atom is 0.404 e. The summed E-state index contributed by atoms with van der Waals surface area (Å²) in [5.74, 6) is -2.37. The number of anilines is 1. The molecule has 2 aromatic carbocycles. The van der Waals surface area contributed by atoms with E-state index in [4.69, 9.17) is 5.11 Å². The summed E-state index contributed by atoms with van der Waals surface area (Å²) in [6.07, 6.45) is 4.85. The van der Waals surface area contributed by atoms with Crippen molar-refractivity contribution in [3.05, 3.63) is 64.7 Å². The number of unbranched alkanes of at least 4 members (excludes halogenated alkanes) is 5. The van der Waals surface area contributed by atoms with Gasteiger partial charge >= 0.3 is 6.09 Å². The second-order valence-electron chi connectivity index (χ2n) is 10.3. The molecule has 0 bridgehead atoms. The Labute approximate surface area is 243 Å². The van der Waals surface area contributed by atoms with Gasteiger partial charge < -0.3 is 21.1 Å². The van der Waals surface area contributed by atoms with E-state index in [1.54, 1.807) is 30.3 Å². The van der Waals surface area contributed by atoms with Crippen molar-refractivity contribution < 1.29 is 33.9 Å². The minimum Gasteiger partial charge on any atom is -0.465 e. The molecule has 2 heterocycles. The third-order valence-electron chi connectivity index (χ3n) is 7.33. The van der Waals surface area contributed by atoms with Gasteiger partial charge in [0, 0.05) is 37.3 Å². The van der Waals surface area contributed by atoms with Crippen LogP contribution in [0, 0.1) is 0 Å². The minimum absolute atomic E-state index is 0.0556. The molecule has 0 saturated carbocycles. The van der Waals surface area contributed by atoms with Gasteiger partial charge in [-0.25, -0.2) is 4.79 Å². The van der Waals surface area contributed by atoms with Crippen LogP contribution in [0.1, 0.15) is 88.0 Å². The van der Waals surface area contributed by atoms with Crippen LogP contribution in [-0.4, -0.2) is 64.8 Å². The zero-order valence-electron chi connectivity index (χ0n) is 23.2. The number of imide groups is 2. The molecule has 0 aliphatic carbocycles. The fraction of sp³-hybridized carbons (Fsp3) is 0.400. The number of carboxylic acid groups (broad SMARTS) is 1. The van der Waals surface area contributed by atoms with Crippen LogP contribution in [0.25, 0.3) is 0 Å². The van der Waals surface area contributed by atoms with Crippen LogP contribution in [0.5, 0.6) is 0 Å². The molecule has 1 fully saturated rings. The number of carbonyl (C=O) groups is 6. The van der Waals surface area contributed by atoms with Crippen molar-refractivity contribution in [1.82, 2.24) is 20.9 Å². The Kier molecular flexibility index (Phi) is 10.2. The van der Waals surface area contributed by atoms with Crippen LogP contribution in [0.3, 0.4) is 0 Å². The number of rotatable bonds is 14. The Morgan fingerprint density at radius 3 is 2.19 bits per heavy atom. The first-order valence-electron chi connectivity index (χ1n) is 14.2. The van der Waals surface area contributed by atoms with Crippen molar-refractivity contribution in [2.24, 2.45) is 0 Å². The summed E-state index contributed by atoms with van der Waals surface area (Å²) >= 11 is 0. The van der Waals surface area contributed by atoms with Gasteiger partial charge in [-0.1, -0.05) is 43.9 Å². The number of nitrogens with zero attached hydrogens (tertiary/aromatic N) is 1. The van der Waals surface area contributed by atoms with Crippen LogP contribution in [-0.2, 0) is 16.1 Å². The van der Waals surface area contributed by atoms with E-state index in [0.29, 0.717) is 30.9 Å². The van der Waals surface area contributed by atoms with Crippen molar-refractivity contribution in [3.8, 4) is 0 Å². The van der Waals surface area contributed by atoms with Crippen molar-refractivity contribution in [1.29, 1.82) is 0 Å². The smallest absolute Gasteiger partial charge is 0.404 e. The second-order valence-corrected chi connectivity index (χ2v) is 10.3. The lowest BCUT2D eigenvalue weighted by atomic mass is 10.0. The Balaban J connectivity index is 1.23. The maximum atomic E-state index is 13.2. The van der Waals surface area contributed by atoms with Crippen LogP contribution in [0.15, 0.2) is 42.5 Å². The van der Waals surface area contributed by atoms with E-state index in [9.17, 15) is 28.8 Å². The minimum atomic E-state index is -1.03. The van der Waals surface area contributed by atoms with Crippen LogP contribution < -0.4 is 21.3 Å². The molecule has 5 N–H and O–H groups in total. The highest BCUT2D eigenvalue weighted by molar-refractivity contribution is 6.25. The number of carbonyl (C=O) groups excluding carboxylic acids is 5. The molecule has 4 rings (SSSR count). The molecule has 1 unspecified atom stereocenters. The number of amides is 6. The molecule has 42 heavy (non-hydrogen) atoms. The highest BCUT2D eigenvalue weighted by atomic mass is 16.4. The van der Waals surface area contributed by atoms with Gasteiger partial charge in [0.1, 0.15) is 6.04 Å². The summed E-state index contributed by atoms with van der Waals surface area (Å²) in [4.78, 5) is 73.9. The molecule has 1 saturated heterocycles. The average molecular weight is 578 g/mol. The summed E-state index contributed by atoms with van der Waals surface area (Å²) < 4.78 is 0. The molecule has 0 radical (unpaired) electrons. The van der Waals surface area contributed by atoms with Gasteiger partial charge in [-0.3, -0.25) is 34.2 Å². The summed E-state index contributed by atoms with van der Waals surface area (Å²) in [6, 6.07) is 11.0. The van der Waals surface area contributed by atoms with Crippen molar-refractivity contribution >= 4 is 41.3 Å². The molecule has 12 heteroatoms. The summed E-state index contributed by atoms with van der Waals surface area (Å²) in [5.41, 5.74) is 2.25. The first kappa shape index (κ1) is 30.2. The molecule has 2 aliphatic heterocycles. The van der Waals surface area contributed by atoms with E-state index in [0.717, 1.165) is 49.0 Å². The number of fused-ring (bicyclic) bond motifs is 1. The molecule has 222 valence electrons. The Hall–Kier alpha value is -4.74.